The van der Waals surface area contributed by atoms with E-state index in [0.29, 0.717) is 33.1 Å². The third kappa shape index (κ3) is 3.66. The minimum Gasteiger partial charge on any atom is -0.478 e. The van der Waals surface area contributed by atoms with Crippen LogP contribution in [0.4, 0.5) is 14.5 Å². The minimum absolute atomic E-state index is 0.0277. The van der Waals surface area contributed by atoms with Gasteiger partial charge in [-0.2, -0.15) is 0 Å². The van der Waals surface area contributed by atoms with E-state index in [1.165, 1.54) is 23.5 Å². The highest BCUT2D eigenvalue weighted by Crippen LogP contribution is 2.35. The summed E-state index contributed by atoms with van der Waals surface area (Å²) in [6, 6.07) is 14.8. The van der Waals surface area contributed by atoms with Crippen molar-refractivity contribution >= 4 is 23.0 Å². The van der Waals surface area contributed by atoms with E-state index >= 15 is 0 Å². The summed E-state index contributed by atoms with van der Waals surface area (Å²) in [5.74, 6) is -2.53. The Kier molecular flexibility index (Phi) is 5.26. The summed E-state index contributed by atoms with van der Waals surface area (Å²) in [7, 11) is 0. The fraction of sp³-hybridized carbons (Fsp3) is 0. The molecule has 3 aromatic carbocycles. The van der Waals surface area contributed by atoms with Gasteiger partial charge in [0.25, 0.3) is 0 Å². The normalized spacial score (nSPS) is 10.8. The van der Waals surface area contributed by atoms with E-state index in [0.717, 1.165) is 12.1 Å². The topological polar surface area (TPSA) is 82.5 Å². The smallest absolute Gasteiger partial charge is 0.336 e. The Labute approximate surface area is 173 Å². The van der Waals surface area contributed by atoms with Gasteiger partial charge in [0.2, 0.25) is 0 Å². The quantitative estimate of drug-likeness (QED) is 0.346. The molecule has 0 aliphatic carbocycles. The van der Waals surface area contributed by atoms with Crippen molar-refractivity contribution in [2.45, 2.75) is 0 Å². The zero-order valence-corrected chi connectivity index (χ0v) is 16.1. The lowest BCUT2D eigenvalue weighted by Gasteiger charge is -2.12. The zero-order chi connectivity index (χ0) is 21.3. The number of rotatable bonds is 5. The molecule has 0 spiro atoms. The van der Waals surface area contributed by atoms with Crippen molar-refractivity contribution in [2.75, 3.05) is 5.48 Å². The van der Waals surface area contributed by atoms with Crippen LogP contribution in [0.2, 0.25) is 0 Å². The van der Waals surface area contributed by atoms with Crippen LogP contribution in [0.15, 0.2) is 66.0 Å². The number of aromatic nitrogens is 1. The monoisotopic (exact) mass is 424 g/mol. The first-order valence-electron chi connectivity index (χ1n) is 8.76. The number of carboxylic acid groups (broad SMARTS) is 1. The van der Waals surface area contributed by atoms with E-state index in [9.17, 15) is 23.9 Å². The number of hydrogen-bond donors (Lipinski definition) is 3. The Bertz CT molecular complexity index is 1260. The Balaban J connectivity index is 1.77. The third-order valence-electron chi connectivity index (χ3n) is 4.55. The van der Waals surface area contributed by atoms with Gasteiger partial charge in [-0.05, 0) is 29.8 Å². The molecular weight excluding hydrogens is 410 g/mol. The molecular formula is C22H14F2N2O3S. The van der Waals surface area contributed by atoms with Crippen molar-refractivity contribution in [1.82, 2.24) is 4.98 Å². The van der Waals surface area contributed by atoms with Crippen LogP contribution in [0, 0.1) is 11.6 Å². The minimum atomic E-state index is -1.14. The fourth-order valence-corrected chi connectivity index (χ4v) is 3.95. The molecule has 0 radical (unpaired) electrons. The zero-order valence-electron chi connectivity index (χ0n) is 15.3. The number of nitrogens with zero attached hydrogens (tertiary/aromatic N) is 1. The molecule has 0 bridgehead atoms. The molecule has 3 N–H and O–H groups in total. The maximum Gasteiger partial charge on any atom is 0.336 e. The van der Waals surface area contributed by atoms with Gasteiger partial charge in [0, 0.05) is 28.1 Å². The van der Waals surface area contributed by atoms with E-state index in [1.54, 1.807) is 41.8 Å². The van der Waals surface area contributed by atoms with Gasteiger partial charge in [0.1, 0.15) is 16.6 Å². The number of nitrogens with one attached hydrogen (secondary N) is 1. The van der Waals surface area contributed by atoms with Gasteiger partial charge in [-0.15, -0.1) is 11.3 Å². The number of aromatic carboxylic acids is 1. The number of thiazole rings is 1. The lowest BCUT2D eigenvalue weighted by molar-refractivity contribution is 0.0697. The standard InChI is InChI=1S/C22H14F2N2O3S/c23-13-6-8-16(18(24)10-13)20-11-30-21(25-20)12-5-7-14(17(9-12)22(27)28)15-3-1-2-4-19(15)26-29/h1-11,26,29H,(H,27,28). The van der Waals surface area contributed by atoms with Gasteiger partial charge in [0.15, 0.2) is 0 Å². The average molecular weight is 424 g/mol. The van der Waals surface area contributed by atoms with Crippen molar-refractivity contribution in [3.05, 3.63) is 83.2 Å². The first-order chi connectivity index (χ1) is 14.5. The highest BCUT2D eigenvalue weighted by Gasteiger charge is 2.18. The van der Waals surface area contributed by atoms with Crippen LogP contribution in [0.25, 0.3) is 33.0 Å². The van der Waals surface area contributed by atoms with Crippen molar-refractivity contribution in [3.63, 3.8) is 0 Å². The molecule has 30 heavy (non-hydrogen) atoms. The van der Waals surface area contributed by atoms with Crippen LogP contribution in [-0.2, 0) is 0 Å². The second-order valence-electron chi connectivity index (χ2n) is 6.38. The van der Waals surface area contributed by atoms with E-state index in [2.05, 4.69) is 10.5 Å². The Morgan fingerprint density at radius 1 is 0.967 bits per heavy atom. The molecule has 0 unspecified atom stereocenters. The molecule has 0 aliphatic rings. The summed E-state index contributed by atoms with van der Waals surface area (Å²) < 4.78 is 27.2. The van der Waals surface area contributed by atoms with Crippen molar-refractivity contribution in [2.24, 2.45) is 0 Å². The van der Waals surface area contributed by atoms with E-state index < -0.39 is 17.6 Å². The maximum atomic E-state index is 14.1. The lowest BCUT2D eigenvalue weighted by Crippen LogP contribution is -2.02. The Morgan fingerprint density at radius 3 is 2.47 bits per heavy atom. The second kappa shape index (κ2) is 8.02. The summed E-state index contributed by atoms with van der Waals surface area (Å²) in [6.07, 6.45) is 0. The number of carboxylic acids is 1. The number of para-hydroxylation sites is 1. The van der Waals surface area contributed by atoms with Crippen LogP contribution in [0.1, 0.15) is 10.4 Å². The van der Waals surface area contributed by atoms with Crippen molar-refractivity contribution < 1.29 is 23.9 Å². The number of halogens is 2. The number of anilines is 1. The van der Waals surface area contributed by atoms with E-state index in [-0.39, 0.29) is 11.1 Å². The fourth-order valence-electron chi connectivity index (χ4n) is 3.13. The summed E-state index contributed by atoms with van der Waals surface area (Å²) in [5.41, 5.74) is 4.46. The van der Waals surface area contributed by atoms with Gasteiger partial charge in [-0.3, -0.25) is 10.7 Å². The second-order valence-corrected chi connectivity index (χ2v) is 7.24. The Hall–Kier alpha value is -3.62. The summed E-state index contributed by atoms with van der Waals surface area (Å²) >= 11 is 1.22. The maximum absolute atomic E-state index is 14.1. The molecule has 0 saturated carbocycles. The van der Waals surface area contributed by atoms with Gasteiger partial charge >= 0.3 is 5.97 Å². The predicted octanol–water partition coefficient (Wildman–Crippen LogP) is 5.92. The van der Waals surface area contributed by atoms with Gasteiger partial charge in [-0.1, -0.05) is 30.3 Å². The number of benzene rings is 3. The van der Waals surface area contributed by atoms with Crippen molar-refractivity contribution in [3.8, 4) is 33.0 Å². The Morgan fingerprint density at radius 2 is 1.73 bits per heavy atom. The molecule has 150 valence electrons. The van der Waals surface area contributed by atoms with Crippen LogP contribution in [0.3, 0.4) is 0 Å². The summed E-state index contributed by atoms with van der Waals surface area (Å²) in [5, 5.41) is 21.2. The third-order valence-corrected chi connectivity index (χ3v) is 5.44. The van der Waals surface area contributed by atoms with Crippen LogP contribution < -0.4 is 5.48 Å². The predicted molar refractivity (Wildman–Crippen MR) is 111 cm³/mol. The van der Waals surface area contributed by atoms with E-state index in [4.69, 9.17) is 0 Å². The number of carbonyl (C=O) groups is 1. The van der Waals surface area contributed by atoms with E-state index in [1.807, 2.05) is 0 Å². The SMILES string of the molecule is O=C(O)c1cc(-c2nc(-c3ccc(F)cc3F)cs2)ccc1-c1ccccc1NO. The molecule has 5 nitrogen and oxygen atoms in total. The molecule has 0 aliphatic heterocycles. The average Bonchev–Trinajstić information content (AvgIpc) is 3.23. The molecule has 0 atom stereocenters. The number of hydrogen-bond acceptors (Lipinski definition) is 5. The largest absolute Gasteiger partial charge is 0.478 e. The molecule has 0 fully saturated rings. The summed E-state index contributed by atoms with van der Waals surface area (Å²) in [4.78, 5) is 16.3. The summed E-state index contributed by atoms with van der Waals surface area (Å²) in [6.45, 7) is 0. The molecule has 8 heteroatoms. The highest BCUT2D eigenvalue weighted by atomic mass is 32.1. The molecule has 4 rings (SSSR count). The van der Waals surface area contributed by atoms with Gasteiger partial charge < -0.3 is 5.11 Å². The molecule has 1 heterocycles. The molecule has 4 aromatic rings. The first kappa shape index (κ1) is 19.7. The molecule has 0 amide bonds. The first-order valence-corrected chi connectivity index (χ1v) is 9.64. The molecule has 1 aromatic heterocycles. The van der Waals surface area contributed by atoms with Crippen LogP contribution in [-0.4, -0.2) is 21.3 Å². The molecule has 0 saturated heterocycles. The highest BCUT2D eigenvalue weighted by molar-refractivity contribution is 7.13. The van der Waals surface area contributed by atoms with Crippen LogP contribution >= 0.6 is 11.3 Å². The van der Waals surface area contributed by atoms with Crippen LogP contribution in [0.5, 0.6) is 0 Å². The van der Waals surface area contributed by atoms with Crippen molar-refractivity contribution in [1.29, 1.82) is 0 Å². The van der Waals surface area contributed by atoms with Gasteiger partial charge in [-0.25, -0.2) is 18.6 Å². The lowest BCUT2D eigenvalue weighted by atomic mass is 9.96. The van der Waals surface area contributed by atoms with Gasteiger partial charge in [0.05, 0.1) is 16.9 Å².